The van der Waals surface area contributed by atoms with E-state index in [9.17, 15) is 9.13 Å². The van der Waals surface area contributed by atoms with Crippen molar-refractivity contribution in [1.82, 2.24) is 0 Å². The van der Waals surface area contributed by atoms with E-state index in [1.54, 1.807) is 13.3 Å². The molecule has 3 aromatic rings. The molecule has 1 aliphatic carbocycles. The fraction of sp³-hybridized carbons (Fsp3) is 0.333. The molecule has 0 radical (unpaired) electrons. The Labute approximate surface area is 178 Å². The van der Waals surface area contributed by atoms with Gasteiger partial charge in [-0.1, -0.05) is 36.4 Å². The number of fused-ring (bicyclic) bond motifs is 3. The third kappa shape index (κ3) is 4.07. The van der Waals surface area contributed by atoms with Gasteiger partial charge in [0, 0.05) is 25.7 Å². The summed E-state index contributed by atoms with van der Waals surface area (Å²) in [5, 5.41) is 2.45. The molecule has 0 heterocycles. The summed E-state index contributed by atoms with van der Waals surface area (Å²) in [7, 11) is -5.62. The van der Waals surface area contributed by atoms with Gasteiger partial charge in [-0.15, -0.1) is 0 Å². The monoisotopic (exact) mass is 442 g/mol. The van der Waals surface area contributed by atoms with E-state index in [0.29, 0.717) is 25.5 Å². The highest BCUT2D eigenvalue weighted by molar-refractivity contribution is 7.57. The van der Waals surface area contributed by atoms with Crippen molar-refractivity contribution in [3.63, 3.8) is 0 Å². The lowest BCUT2D eigenvalue weighted by Gasteiger charge is -2.20. The predicted molar refractivity (Wildman–Crippen MR) is 126 cm³/mol. The van der Waals surface area contributed by atoms with Crippen LogP contribution < -0.4 is 0 Å². The van der Waals surface area contributed by atoms with E-state index in [1.165, 1.54) is 21.9 Å². The molecular weight excluding hydrogens is 414 g/mol. The smallest absolute Gasteiger partial charge is 0.204 e. The van der Waals surface area contributed by atoms with E-state index >= 15 is 0 Å². The Morgan fingerprint density at radius 3 is 1.53 bits per heavy atom. The molecule has 0 saturated heterocycles. The zero-order valence-corrected chi connectivity index (χ0v) is 19.8. The SMILES string of the molecule is CCOP(C)(=O)Cc1cc2c(cc1CP(C)(=O)OCC)-c1cccc3cccc-2c13. The van der Waals surface area contributed by atoms with Gasteiger partial charge in [-0.2, -0.15) is 0 Å². The second-order valence-electron chi connectivity index (χ2n) is 8.06. The molecule has 30 heavy (non-hydrogen) atoms. The number of hydrogen-bond donors (Lipinski definition) is 0. The Hall–Kier alpha value is -1.70. The summed E-state index contributed by atoms with van der Waals surface area (Å²) >= 11 is 0. The molecule has 0 aliphatic heterocycles. The minimum absolute atomic E-state index is 0.321. The molecule has 0 N–H and O–H groups in total. The first-order chi connectivity index (χ1) is 14.2. The molecule has 0 bridgehead atoms. The van der Waals surface area contributed by atoms with E-state index in [0.717, 1.165) is 22.3 Å². The van der Waals surface area contributed by atoms with E-state index in [2.05, 4.69) is 48.5 Å². The zero-order valence-electron chi connectivity index (χ0n) is 18.0. The molecular formula is C24H28O4P2. The first-order valence-electron chi connectivity index (χ1n) is 10.3. The summed E-state index contributed by atoms with van der Waals surface area (Å²) in [4.78, 5) is 0. The van der Waals surface area contributed by atoms with E-state index in [1.807, 2.05) is 13.8 Å². The maximum absolute atomic E-state index is 13.0. The third-order valence-corrected chi connectivity index (χ3v) is 8.98. The number of benzene rings is 3. The molecule has 158 valence electrons. The Kier molecular flexibility index (Phi) is 5.81. The van der Waals surface area contributed by atoms with Crippen LogP contribution in [0.15, 0.2) is 48.5 Å². The zero-order chi connectivity index (χ0) is 21.5. The Balaban J connectivity index is 1.89. The van der Waals surface area contributed by atoms with Gasteiger partial charge in [-0.3, -0.25) is 9.13 Å². The third-order valence-electron chi connectivity index (χ3n) is 5.54. The highest BCUT2D eigenvalue weighted by atomic mass is 31.2. The van der Waals surface area contributed by atoms with Gasteiger partial charge in [0.1, 0.15) is 0 Å². The van der Waals surface area contributed by atoms with Crippen LogP contribution in [-0.2, 0) is 30.5 Å². The second kappa shape index (κ2) is 8.09. The lowest BCUT2D eigenvalue weighted by atomic mass is 9.98. The quantitative estimate of drug-likeness (QED) is 0.267. The van der Waals surface area contributed by atoms with Crippen molar-refractivity contribution in [1.29, 1.82) is 0 Å². The van der Waals surface area contributed by atoms with E-state index < -0.39 is 14.7 Å². The summed E-state index contributed by atoms with van der Waals surface area (Å²) in [6.45, 7) is 7.88. The fourth-order valence-corrected chi connectivity index (χ4v) is 7.58. The van der Waals surface area contributed by atoms with Crippen LogP contribution >= 0.6 is 14.7 Å². The lowest BCUT2D eigenvalue weighted by Crippen LogP contribution is -2.01. The maximum Gasteiger partial charge on any atom is 0.204 e. The highest BCUT2D eigenvalue weighted by Gasteiger charge is 2.28. The molecule has 6 heteroatoms. The van der Waals surface area contributed by atoms with Crippen LogP contribution in [0.4, 0.5) is 0 Å². The minimum Gasteiger partial charge on any atom is -0.329 e. The molecule has 3 aromatic carbocycles. The molecule has 0 fully saturated rings. The second-order valence-corrected chi connectivity index (χ2v) is 13.3. The van der Waals surface area contributed by atoms with Crippen molar-refractivity contribution in [2.45, 2.75) is 26.2 Å². The maximum atomic E-state index is 13.0. The van der Waals surface area contributed by atoms with Gasteiger partial charge >= 0.3 is 0 Å². The summed E-state index contributed by atoms with van der Waals surface area (Å²) in [6, 6.07) is 16.9. The molecule has 1 aliphatic rings. The fourth-order valence-electron chi connectivity index (χ4n) is 4.48. The van der Waals surface area contributed by atoms with Crippen LogP contribution in [0.3, 0.4) is 0 Å². The number of rotatable bonds is 8. The molecule has 0 saturated carbocycles. The van der Waals surface area contributed by atoms with Crippen molar-refractivity contribution in [3.05, 3.63) is 59.7 Å². The Morgan fingerprint density at radius 1 is 0.700 bits per heavy atom. The molecule has 0 amide bonds. The Morgan fingerprint density at radius 2 is 1.13 bits per heavy atom. The van der Waals surface area contributed by atoms with Crippen LogP contribution in [0.25, 0.3) is 33.0 Å². The normalized spacial score (nSPS) is 16.3. The summed E-state index contributed by atoms with van der Waals surface area (Å²) in [6.07, 6.45) is 0.643. The Bertz CT molecular complexity index is 1130. The van der Waals surface area contributed by atoms with Gasteiger partial charge < -0.3 is 9.05 Å². The van der Waals surface area contributed by atoms with Gasteiger partial charge in [0.25, 0.3) is 0 Å². The average Bonchev–Trinajstić information content (AvgIpc) is 2.97. The average molecular weight is 442 g/mol. The first-order valence-corrected chi connectivity index (χ1v) is 14.9. The molecule has 0 aromatic heterocycles. The molecule has 2 atom stereocenters. The van der Waals surface area contributed by atoms with E-state index in [-0.39, 0.29) is 0 Å². The van der Waals surface area contributed by atoms with Crippen molar-refractivity contribution >= 4 is 25.5 Å². The topological polar surface area (TPSA) is 52.6 Å². The largest absolute Gasteiger partial charge is 0.329 e. The van der Waals surface area contributed by atoms with Crippen LogP contribution in [0.2, 0.25) is 0 Å². The molecule has 2 unspecified atom stereocenters. The molecule has 4 rings (SSSR count). The van der Waals surface area contributed by atoms with Crippen LogP contribution in [-0.4, -0.2) is 26.5 Å². The van der Waals surface area contributed by atoms with E-state index in [4.69, 9.17) is 9.05 Å². The van der Waals surface area contributed by atoms with Gasteiger partial charge in [-0.05, 0) is 70.1 Å². The highest BCUT2D eigenvalue weighted by Crippen LogP contribution is 2.54. The van der Waals surface area contributed by atoms with Crippen LogP contribution in [0.1, 0.15) is 25.0 Å². The standard InChI is InChI=1S/C24H28O4P2/c1-5-27-29(3,25)15-18-13-22-20-11-7-9-17-10-8-12-21(24(17)20)23(22)14-19(18)16-30(4,26)28-6-2/h7-14H,5-6,15-16H2,1-4H3. The van der Waals surface area contributed by atoms with Crippen LogP contribution in [0.5, 0.6) is 0 Å². The summed E-state index contributed by atoms with van der Waals surface area (Å²) in [5.74, 6) is 0. The lowest BCUT2D eigenvalue weighted by molar-refractivity contribution is 0.334. The van der Waals surface area contributed by atoms with Gasteiger partial charge in [0.2, 0.25) is 14.7 Å². The minimum atomic E-state index is -2.81. The van der Waals surface area contributed by atoms with Crippen molar-refractivity contribution in [2.75, 3.05) is 26.5 Å². The van der Waals surface area contributed by atoms with Crippen LogP contribution in [0, 0.1) is 0 Å². The molecule has 4 nitrogen and oxygen atoms in total. The number of hydrogen-bond acceptors (Lipinski definition) is 4. The van der Waals surface area contributed by atoms with Crippen molar-refractivity contribution < 1.29 is 18.2 Å². The van der Waals surface area contributed by atoms with Gasteiger partial charge in [0.15, 0.2) is 0 Å². The summed E-state index contributed by atoms with van der Waals surface area (Å²) < 4.78 is 37.1. The van der Waals surface area contributed by atoms with Gasteiger partial charge in [-0.25, -0.2) is 0 Å². The summed E-state index contributed by atoms with van der Waals surface area (Å²) in [5.41, 5.74) is 6.52. The van der Waals surface area contributed by atoms with Gasteiger partial charge in [0.05, 0.1) is 13.2 Å². The van der Waals surface area contributed by atoms with Crippen molar-refractivity contribution in [3.8, 4) is 22.3 Å². The van der Waals surface area contributed by atoms with Crippen molar-refractivity contribution in [2.24, 2.45) is 0 Å². The first kappa shape index (κ1) is 21.5. The molecule has 0 spiro atoms. The predicted octanol–water partition coefficient (Wildman–Crippen LogP) is 7.38.